The van der Waals surface area contributed by atoms with Crippen LogP contribution in [-0.2, 0) is 10.7 Å². The third-order valence-corrected chi connectivity index (χ3v) is 5.32. The number of alkyl halides is 2. The fourth-order valence-electron chi connectivity index (χ4n) is 3.55. The summed E-state index contributed by atoms with van der Waals surface area (Å²) < 4.78 is 38.4. The van der Waals surface area contributed by atoms with Gasteiger partial charge < -0.3 is 25.6 Å². The summed E-state index contributed by atoms with van der Waals surface area (Å²) in [5.74, 6) is -6.91. The Morgan fingerprint density at radius 2 is 1.83 bits per heavy atom. The van der Waals surface area contributed by atoms with Gasteiger partial charge in [-0.2, -0.15) is 13.8 Å². The fourth-order valence-corrected chi connectivity index (χ4v) is 3.55. The van der Waals surface area contributed by atoms with Crippen LogP contribution in [0.3, 0.4) is 0 Å². The third kappa shape index (κ3) is 4.43. The van der Waals surface area contributed by atoms with E-state index in [2.05, 4.69) is 20.3 Å². The van der Waals surface area contributed by atoms with E-state index in [0.717, 1.165) is 12.1 Å². The summed E-state index contributed by atoms with van der Waals surface area (Å²) in [6.07, 6.45) is 2.78. The van der Waals surface area contributed by atoms with Crippen molar-refractivity contribution < 1.29 is 33.0 Å². The van der Waals surface area contributed by atoms with Crippen LogP contribution in [0.1, 0.15) is 15.9 Å². The summed E-state index contributed by atoms with van der Waals surface area (Å²) in [5, 5.41) is 12.2. The second kappa shape index (κ2) is 9.41. The Morgan fingerprint density at radius 3 is 2.50 bits per heavy atom. The van der Waals surface area contributed by atoms with E-state index in [9.17, 15) is 18.4 Å². The number of aliphatic carboxylic acids is 1. The van der Waals surface area contributed by atoms with E-state index in [-0.39, 0.29) is 28.8 Å². The Bertz CT molecular complexity index is 1500. The first kappa shape index (κ1) is 24.3. The minimum Gasteiger partial charge on any atom is -0.480 e. The number of nitrogens with zero attached hydrogens (tertiary/aromatic N) is 3. The van der Waals surface area contributed by atoms with Crippen LogP contribution in [0.25, 0.3) is 22.0 Å². The van der Waals surface area contributed by atoms with Gasteiger partial charge in [-0.3, -0.25) is 9.78 Å². The van der Waals surface area contributed by atoms with Crippen LogP contribution in [0.5, 0.6) is 11.9 Å². The normalized spacial score (nSPS) is 11.2. The first-order valence-electron chi connectivity index (χ1n) is 10.3. The molecule has 4 N–H and O–H groups in total. The molecule has 0 atom stereocenters. The van der Waals surface area contributed by atoms with Crippen molar-refractivity contribution in [3.63, 3.8) is 0 Å². The summed E-state index contributed by atoms with van der Waals surface area (Å²) in [5.41, 5.74) is 6.78. The molecule has 2 aromatic heterocycles. The van der Waals surface area contributed by atoms with Gasteiger partial charge in [0, 0.05) is 29.0 Å². The Morgan fingerprint density at radius 1 is 1.06 bits per heavy atom. The lowest BCUT2D eigenvalue weighted by Gasteiger charge is -2.16. The summed E-state index contributed by atoms with van der Waals surface area (Å²) >= 11 is 0. The van der Waals surface area contributed by atoms with Crippen molar-refractivity contribution in [1.29, 1.82) is 0 Å². The molecule has 0 aliphatic rings. The summed E-state index contributed by atoms with van der Waals surface area (Å²) in [4.78, 5) is 35.7. The van der Waals surface area contributed by atoms with Gasteiger partial charge in [-0.1, -0.05) is 24.3 Å². The number of carboxylic acid groups (broad SMARTS) is 1. The number of carbonyl (C=O) groups excluding carboxylic acids is 1. The number of fused-ring (bicyclic) bond motifs is 1. The molecule has 0 aliphatic carbocycles. The average Bonchev–Trinajstić information content (AvgIpc) is 2.88. The van der Waals surface area contributed by atoms with E-state index in [1.165, 1.54) is 38.7 Å². The number of pyridine rings is 1. The maximum Gasteiger partial charge on any atom is 0.379 e. The van der Waals surface area contributed by atoms with Crippen LogP contribution in [-0.4, -0.2) is 46.2 Å². The van der Waals surface area contributed by atoms with Crippen LogP contribution in [0, 0.1) is 0 Å². The molecule has 2 heterocycles. The van der Waals surface area contributed by atoms with Crippen molar-refractivity contribution >= 4 is 34.2 Å². The molecule has 4 aromatic rings. The van der Waals surface area contributed by atoms with Gasteiger partial charge in [-0.05, 0) is 23.8 Å². The highest BCUT2D eigenvalue weighted by atomic mass is 19.3. The van der Waals surface area contributed by atoms with Crippen LogP contribution >= 0.6 is 0 Å². The van der Waals surface area contributed by atoms with E-state index in [1.807, 2.05) is 0 Å². The number of rotatable bonds is 8. The monoisotopic (exact) mass is 495 g/mol. The number of benzene rings is 2. The van der Waals surface area contributed by atoms with E-state index >= 15 is 0 Å². The highest BCUT2D eigenvalue weighted by Gasteiger charge is 2.41. The number of primary amides is 1. The number of aromatic nitrogens is 3. The second-order valence-electron chi connectivity index (χ2n) is 7.51. The number of halogens is 2. The zero-order valence-corrected chi connectivity index (χ0v) is 19.0. The van der Waals surface area contributed by atoms with Gasteiger partial charge in [0.15, 0.2) is 0 Å². The SMILES string of the molecule is COc1ncc(-c2ccc3c(Nc4cccc(C(F)(F)C(=O)O)c4)c(C(N)=O)cnc3c2)c(OC)n1. The van der Waals surface area contributed by atoms with E-state index in [4.69, 9.17) is 20.3 Å². The number of carboxylic acids is 1. The third-order valence-electron chi connectivity index (χ3n) is 5.32. The predicted octanol–water partition coefficient (Wildman–Crippen LogP) is 3.73. The molecule has 184 valence electrons. The highest BCUT2D eigenvalue weighted by Crippen LogP contribution is 2.36. The van der Waals surface area contributed by atoms with Crippen molar-refractivity contribution in [2.45, 2.75) is 5.92 Å². The maximum absolute atomic E-state index is 14.0. The molecule has 12 heteroatoms. The largest absolute Gasteiger partial charge is 0.480 e. The zero-order valence-electron chi connectivity index (χ0n) is 19.0. The molecule has 0 aliphatic heterocycles. The molecule has 10 nitrogen and oxygen atoms in total. The van der Waals surface area contributed by atoms with Crippen molar-refractivity contribution in [2.75, 3.05) is 19.5 Å². The molecule has 0 radical (unpaired) electrons. The smallest absolute Gasteiger partial charge is 0.379 e. The number of hydrogen-bond donors (Lipinski definition) is 3. The number of amides is 1. The molecule has 4 rings (SSSR count). The molecular formula is C24H19F2N5O5. The number of nitrogens with two attached hydrogens (primary N) is 1. The van der Waals surface area contributed by atoms with Gasteiger partial charge in [0.05, 0.1) is 36.6 Å². The molecule has 1 amide bonds. The molecule has 0 fully saturated rings. The molecule has 0 saturated carbocycles. The number of nitrogens with one attached hydrogen (secondary N) is 1. The quantitative estimate of drug-likeness (QED) is 0.332. The van der Waals surface area contributed by atoms with E-state index in [1.54, 1.807) is 18.2 Å². The molecule has 0 bridgehead atoms. The zero-order chi connectivity index (χ0) is 26.0. The van der Waals surface area contributed by atoms with Crippen molar-refractivity contribution in [3.05, 3.63) is 66.0 Å². The number of anilines is 2. The predicted molar refractivity (Wildman–Crippen MR) is 126 cm³/mol. The van der Waals surface area contributed by atoms with Crippen LogP contribution < -0.4 is 20.5 Å². The number of hydrogen-bond acceptors (Lipinski definition) is 8. The Labute approximate surface area is 202 Å². The molecule has 0 spiro atoms. The number of carbonyl (C=O) groups is 2. The highest BCUT2D eigenvalue weighted by molar-refractivity contribution is 6.08. The summed E-state index contributed by atoms with van der Waals surface area (Å²) in [6.45, 7) is 0. The topological polar surface area (TPSA) is 150 Å². The minimum atomic E-state index is -4.10. The Kier molecular flexibility index (Phi) is 6.34. The molecule has 0 unspecified atom stereocenters. The minimum absolute atomic E-state index is 0.0102. The number of methoxy groups -OCH3 is 2. The maximum atomic E-state index is 14.0. The van der Waals surface area contributed by atoms with Gasteiger partial charge in [-0.25, -0.2) is 9.78 Å². The van der Waals surface area contributed by atoms with E-state index < -0.39 is 23.4 Å². The summed E-state index contributed by atoms with van der Waals surface area (Å²) in [6, 6.07) is 9.90. The van der Waals surface area contributed by atoms with Gasteiger partial charge >= 0.3 is 17.9 Å². The lowest BCUT2D eigenvalue weighted by Crippen LogP contribution is -2.25. The van der Waals surface area contributed by atoms with Gasteiger partial charge in [0.25, 0.3) is 5.91 Å². The average molecular weight is 495 g/mol. The lowest BCUT2D eigenvalue weighted by atomic mass is 10.0. The molecule has 36 heavy (non-hydrogen) atoms. The second-order valence-corrected chi connectivity index (χ2v) is 7.51. The Hall–Kier alpha value is -4.87. The van der Waals surface area contributed by atoms with Crippen LogP contribution in [0.4, 0.5) is 20.2 Å². The van der Waals surface area contributed by atoms with Crippen molar-refractivity contribution in [1.82, 2.24) is 15.0 Å². The summed E-state index contributed by atoms with van der Waals surface area (Å²) in [7, 11) is 2.88. The van der Waals surface area contributed by atoms with Crippen LogP contribution in [0.2, 0.25) is 0 Å². The lowest BCUT2D eigenvalue weighted by molar-refractivity contribution is -0.166. The number of ether oxygens (including phenoxy) is 2. The van der Waals surface area contributed by atoms with Gasteiger partial charge in [0.2, 0.25) is 5.88 Å². The Balaban J connectivity index is 1.82. The van der Waals surface area contributed by atoms with Crippen molar-refractivity contribution in [2.24, 2.45) is 5.73 Å². The van der Waals surface area contributed by atoms with Gasteiger partial charge in [0.1, 0.15) is 0 Å². The first-order valence-corrected chi connectivity index (χ1v) is 10.3. The first-order chi connectivity index (χ1) is 17.1. The van der Waals surface area contributed by atoms with E-state index in [0.29, 0.717) is 22.0 Å². The van der Waals surface area contributed by atoms with Crippen molar-refractivity contribution in [3.8, 4) is 23.0 Å². The fraction of sp³-hybridized carbons (Fsp3) is 0.125. The molecule has 2 aromatic carbocycles. The van der Waals surface area contributed by atoms with Crippen LogP contribution in [0.15, 0.2) is 54.9 Å². The molecular weight excluding hydrogens is 476 g/mol. The standard InChI is InChI=1S/C24H19F2N5O5/c1-35-21-16(10-29-23(31-21)36-2)12-6-7-15-18(8-12)28-11-17(20(27)32)19(15)30-14-5-3-4-13(9-14)24(25,26)22(33)34/h3-11H,1-2H3,(H2,27,32)(H,28,30)(H,33,34). The van der Waals surface area contributed by atoms with Gasteiger partial charge in [-0.15, -0.1) is 0 Å². The molecule has 0 saturated heterocycles.